The Morgan fingerprint density at radius 1 is 1.22 bits per heavy atom. The zero-order valence-corrected chi connectivity index (χ0v) is 15.5. The summed E-state index contributed by atoms with van der Waals surface area (Å²) in [4.78, 5) is 22.7. The number of piperidine rings is 1. The molecule has 0 aromatic carbocycles. The third kappa shape index (κ3) is 5.23. The number of likely N-dealkylation sites (tertiary alicyclic amines) is 1. The molecule has 0 bridgehead atoms. The van der Waals surface area contributed by atoms with E-state index in [4.69, 9.17) is 18.5 Å². The average molecular weight is 380 g/mol. The van der Waals surface area contributed by atoms with Gasteiger partial charge in [0, 0.05) is 33.7 Å². The summed E-state index contributed by atoms with van der Waals surface area (Å²) in [5, 5.41) is 10.5. The van der Waals surface area contributed by atoms with Crippen molar-refractivity contribution in [2.45, 2.75) is 38.3 Å². The molecule has 1 N–H and O–H groups in total. The fraction of sp³-hybridized carbons (Fsp3) is 0.688. The van der Waals surface area contributed by atoms with E-state index in [0.717, 1.165) is 12.8 Å². The van der Waals surface area contributed by atoms with Gasteiger partial charge in [-0.05, 0) is 12.8 Å². The number of carbonyl (C=O) groups excluding carboxylic acids is 1. The van der Waals surface area contributed by atoms with Gasteiger partial charge in [0.25, 0.3) is 0 Å². The van der Waals surface area contributed by atoms with Gasteiger partial charge in [-0.25, -0.2) is 4.79 Å². The van der Waals surface area contributed by atoms with Crippen LogP contribution >= 0.6 is 0 Å². The number of amides is 2. The zero-order chi connectivity index (χ0) is 19.1. The fourth-order valence-corrected chi connectivity index (χ4v) is 2.90. The van der Waals surface area contributed by atoms with E-state index in [2.05, 4.69) is 25.6 Å². The first-order valence-electron chi connectivity index (χ1n) is 8.84. The SMILES string of the molecule is COCCc1noc([C@H]2CCCN(C(=O)NCc3nc(COC)no3)C2)n1. The largest absolute Gasteiger partial charge is 0.384 e. The van der Waals surface area contributed by atoms with Crippen molar-refractivity contribution < 1.29 is 23.3 Å². The van der Waals surface area contributed by atoms with E-state index in [1.807, 2.05) is 0 Å². The van der Waals surface area contributed by atoms with Crippen molar-refractivity contribution >= 4 is 6.03 Å². The summed E-state index contributed by atoms with van der Waals surface area (Å²) in [5.41, 5.74) is 0. The number of rotatable bonds is 8. The number of hydrogen-bond acceptors (Lipinski definition) is 9. The number of hydrogen-bond donors (Lipinski definition) is 1. The summed E-state index contributed by atoms with van der Waals surface area (Å²) in [5.74, 6) is 2.01. The van der Waals surface area contributed by atoms with E-state index in [0.29, 0.717) is 49.5 Å². The molecule has 27 heavy (non-hydrogen) atoms. The number of nitrogens with one attached hydrogen (secondary N) is 1. The maximum absolute atomic E-state index is 12.4. The molecule has 148 valence electrons. The molecule has 0 unspecified atom stereocenters. The first-order valence-corrected chi connectivity index (χ1v) is 8.84. The predicted octanol–water partition coefficient (Wildman–Crippen LogP) is 0.877. The van der Waals surface area contributed by atoms with Crippen molar-refractivity contribution in [2.75, 3.05) is 33.9 Å². The minimum atomic E-state index is -0.190. The van der Waals surface area contributed by atoms with Crippen LogP contribution in [0.5, 0.6) is 0 Å². The molecule has 0 aliphatic carbocycles. The van der Waals surface area contributed by atoms with Crippen molar-refractivity contribution in [1.82, 2.24) is 30.5 Å². The summed E-state index contributed by atoms with van der Waals surface area (Å²) in [6.07, 6.45) is 2.37. The molecule has 3 rings (SSSR count). The summed E-state index contributed by atoms with van der Waals surface area (Å²) in [6, 6.07) is -0.190. The highest BCUT2D eigenvalue weighted by Gasteiger charge is 2.28. The van der Waals surface area contributed by atoms with Crippen LogP contribution in [0, 0.1) is 0 Å². The number of urea groups is 1. The molecule has 1 aliphatic rings. The highest BCUT2D eigenvalue weighted by molar-refractivity contribution is 5.74. The van der Waals surface area contributed by atoms with Crippen molar-refractivity contribution in [2.24, 2.45) is 0 Å². The minimum absolute atomic E-state index is 0.0324. The topological polar surface area (TPSA) is 129 Å². The van der Waals surface area contributed by atoms with Crippen molar-refractivity contribution in [3.05, 3.63) is 23.4 Å². The van der Waals surface area contributed by atoms with Crippen molar-refractivity contribution in [3.8, 4) is 0 Å². The normalized spacial score (nSPS) is 17.3. The second-order valence-corrected chi connectivity index (χ2v) is 6.27. The Morgan fingerprint density at radius 2 is 2.07 bits per heavy atom. The van der Waals surface area contributed by atoms with Crippen LogP contribution < -0.4 is 5.32 Å². The number of methoxy groups -OCH3 is 2. The molecule has 11 nitrogen and oxygen atoms in total. The second kappa shape index (κ2) is 9.42. The molecule has 11 heteroatoms. The molecule has 3 heterocycles. The van der Waals surface area contributed by atoms with Gasteiger partial charge in [-0.3, -0.25) is 0 Å². The fourth-order valence-electron chi connectivity index (χ4n) is 2.90. The maximum atomic E-state index is 12.4. The lowest BCUT2D eigenvalue weighted by Gasteiger charge is -2.30. The van der Waals surface area contributed by atoms with E-state index in [-0.39, 0.29) is 25.1 Å². The molecule has 2 aromatic rings. The standard InChI is InChI=1S/C16H24N6O5/c1-24-7-5-12-19-15(27-20-12)11-4-3-6-22(9-11)16(23)17-8-14-18-13(10-25-2)21-26-14/h11H,3-10H2,1-2H3,(H,17,23)/t11-/m0/s1. The monoisotopic (exact) mass is 380 g/mol. The van der Waals surface area contributed by atoms with Crippen LogP contribution in [0.3, 0.4) is 0 Å². The van der Waals surface area contributed by atoms with Crippen molar-refractivity contribution in [1.29, 1.82) is 0 Å². The Hall–Kier alpha value is -2.53. The van der Waals surface area contributed by atoms with E-state index < -0.39 is 0 Å². The van der Waals surface area contributed by atoms with Crippen LogP contribution in [0.15, 0.2) is 9.05 Å². The van der Waals surface area contributed by atoms with Gasteiger partial charge in [-0.15, -0.1) is 0 Å². The van der Waals surface area contributed by atoms with Gasteiger partial charge in [0.05, 0.1) is 19.1 Å². The van der Waals surface area contributed by atoms with Gasteiger partial charge in [0.1, 0.15) is 6.61 Å². The van der Waals surface area contributed by atoms with Crippen molar-refractivity contribution in [3.63, 3.8) is 0 Å². The van der Waals surface area contributed by atoms with Crippen LogP contribution in [0.4, 0.5) is 4.79 Å². The van der Waals surface area contributed by atoms with Gasteiger partial charge in [-0.2, -0.15) is 9.97 Å². The van der Waals surface area contributed by atoms with Gasteiger partial charge >= 0.3 is 6.03 Å². The number of aromatic nitrogens is 4. The molecule has 2 aromatic heterocycles. The molecule has 1 atom stereocenters. The molecule has 1 aliphatic heterocycles. The second-order valence-electron chi connectivity index (χ2n) is 6.27. The van der Waals surface area contributed by atoms with E-state index in [1.54, 1.807) is 19.1 Å². The third-order valence-electron chi connectivity index (χ3n) is 4.25. The number of ether oxygens (including phenoxy) is 2. The molecule has 1 fully saturated rings. The lowest BCUT2D eigenvalue weighted by atomic mass is 9.98. The maximum Gasteiger partial charge on any atom is 0.317 e. The Balaban J connectivity index is 1.50. The van der Waals surface area contributed by atoms with Gasteiger partial charge < -0.3 is 28.7 Å². The molecule has 2 amide bonds. The first-order chi connectivity index (χ1) is 13.2. The Kier molecular flexibility index (Phi) is 6.71. The van der Waals surface area contributed by atoms with E-state index in [9.17, 15) is 4.79 Å². The Morgan fingerprint density at radius 3 is 2.89 bits per heavy atom. The van der Waals surface area contributed by atoms with Crippen LogP contribution in [-0.2, 0) is 29.0 Å². The minimum Gasteiger partial charge on any atom is -0.384 e. The zero-order valence-electron chi connectivity index (χ0n) is 15.5. The molecular weight excluding hydrogens is 356 g/mol. The Bertz CT molecular complexity index is 732. The van der Waals surface area contributed by atoms with Crippen LogP contribution in [-0.4, -0.2) is 65.1 Å². The predicted molar refractivity (Wildman–Crippen MR) is 90.7 cm³/mol. The van der Waals surface area contributed by atoms with Gasteiger partial charge in [0.2, 0.25) is 11.8 Å². The molecule has 1 saturated heterocycles. The lowest BCUT2D eigenvalue weighted by Crippen LogP contribution is -2.44. The number of carbonyl (C=O) groups is 1. The van der Waals surface area contributed by atoms with Gasteiger partial charge in [0.15, 0.2) is 11.6 Å². The smallest absolute Gasteiger partial charge is 0.317 e. The molecule has 0 saturated carbocycles. The highest BCUT2D eigenvalue weighted by Crippen LogP contribution is 2.25. The Labute approximate surface area is 156 Å². The number of nitrogens with zero attached hydrogens (tertiary/aromatic N) is 5. The van der Waals surface area contributed by atoms with Crippen LogP contribution in [0.2, 0.25) is 0 Å². The summed E-state index contributed by atoms with van der Waals surface area (Å²) >= 11 is 0. The highest BCUT2D eigenvalue weighted by atomic mass is 16.5. The summed E-state index contributed by atoms with van der Waals surface area (Å²) < 4.78 is 20.4. The average Bonchev–Trinajstić information content (AvgIpc) is 3.34. The summed E-state index contributed by atoms with van der Waals surface area (Å²) in [6.45, 7) is 2.17. The first kappa shape index (κ1) is 19.2. The van der Waals surface area contributed by atoms with E-state index in [1.165, 1.54) is 0 Å². The van der Waals surface area contributed by atoms with Crippen LogP contribution in [0.1, 0.15) is 42.2 Å². The van der Waals surface area contributed by atoms with E-state index >= 15 is 0 Å². The van der Waals surface area contributed by atoms with Gasteiger partial charge in [-0.1, -0.05) is 10.3 Å². The van der Waals surface area contributed by atoms with Crippen LogP contribution in [0.25, 0.3) is 0 Å². The molecule has 0 radical (unpaired) electrons. The third-order valence-corrected chi connectivity index (χ3v) is 4.25. The quantitative estimate of drug-likeness (QED) is 0.709. The summed E-state index contributed by atoms with van der Waals surface area (Å²) in [7, 11) is 3.18. The molecular formula is C16H24N6O5. The lowest BCUT2D eigenvalue weighted by molar-refractivity contribution is 0.170. The molecule has 0 spiro atoms.